The number of amides is 1. The Morgan fingerprint density at radius 2 is 1.57 bits per heavy atom. The zero-order valence-electron chi connectivity index (χ0n) is 22.2. The fraction of sp³-hybridized carbons (Fsp3) is 0.880. The van der Waals surface area contributed by atoms with E-state index in [0.29, 0.717) is 25.7 Å². The molecule has 1 unspecified atom stereocenters. The van der Waals surface area contributed by atoms with Crippen LogP contribution in [0.2, 0.25) is 0 Å². The van der Waals surface area contributed by atoms with Crippen LogP contribution in [0.4, 0.5) is 4.79 Å². The van der Waals surface area contributed by atoms with Crippen molar-refractivity contribution in [1.29, 1.82) is 0 Å². The van der Waals surface area contributed by atoms with E-state index in [0.717, 1.165) is 38.5 Å². The summed E-state index contributed by atoms with van der Waals surface area (Å²) in [5, 5.41) is 24.0. The molecule has 0 aromatic heterocycles. The fourth-order valence-corrected chi connectivity index (χ4v) is 6.53. The first kappa shape index (κ1) is 31.3. The lowest BCUT2D eigenvalue weighted by Gasteiger charge is -2.46. The van der Waals surface area contributed by atoms with E-state index in [2.05, 4.69) is 5.32 Å². The molecule has 0 bridgehead atoms. The van der Waals surface area contributed by atoms with Gasteiger partial charge in [0, 0.05) is 18.9 Å². The number of carboxylic acid groups (broad SMARTS) is 1. The first-order valence-corrected chi connectivity index (χ1v) is 14.8. The Morgan fingerprint density at radius 3 is 2.11 bits per heavy atom. The summed E-state index contributed by atoms with van der Waals surface area (Å²) in [6, 6.07) is 0. The number of carbonyl (C=O) groups excluding carboxylic acids is 2. The maximum atomic E-state index is 12.9. The van der Waals surface area contributed by atoms with Crippen LogP contribution in [0.1, 0.15) is 91.4 Å². The third kappa shape index (κ3) is 9.10. The molecular weight excluding hydrogens is 506 g/mol. The standard InChI is InChI=1S/C25H43NO10S/c1-18(27)26-15-10-16-37(32,33)36-21(19-11-6-4-7-12-19)24(2,3)25(31,22(28)29)17-34-23(30)35-20-13-8-5-9-14-20/h19-21,31H,4-17H2,1-3H3,(H,26,27)(H,28,29)/t21?,25-/m1/s1. The highest BCUT2D eigenvalue weighted by Crippen LogP contribution is 2.44. The number of ether oxygens (including phenoxy) is 2. The van der Waals surface area contributed by atoms with E-state index in [9.17, 15) is 33.0 Å². The molecule has 1 amide bonds. The van der Waals surface area contributed by atoms with E-state index >= 15 is 0 Å². The zero-order valence-corrected chi connectivity index (χ0v) is 23.0. The number of aliphatic hydroxyl groups is 1. The zero-order chi connectivity index (χ0) is 27.7. The van der Waals surface area contributed by atoms with Crippen molar-refractivity contribution >= 4 is 28.1 Å². The van der Waals surface area contributed by atoms with Crippen LogP contribution in [0.15, 0.2) is 0 Å². The smallest absolute Gasteiger partial charge is 0.479 e. The van der Waals surface area contributed by atoms with Gasteiger partial charge in [-0.2, -0.15) is 8.42 Å². The molecule has 2 atom stereocenters. The normalized spacial score (nSPS) is 20.4. The SMILES string of the molecule is CC(=O)NCCCS(=O)(=O)OC(C1CCCCC1)C(C)(C)[C@@](O)(COC(=O)OC1CCCCC1)C(=O)O. The third-order valence-electron chi connectivity index (χ3n) is 7.62. The second-order valence-corrected chi connectivity index (χ2v) is 12.5. The van der Waals surface area contributed by atoms with Crippen LogP contribution >= 0.6 is 0 Å². The van der Waals surface area contributed by atoms with Crippen LogP contribution in [0, 0.1) is 11.3 Å². The predicted octanol–water partition coefficient (Wildman–Crippen LogP) is 3.14. The van der Waals surface area contributed by atoms with E-state index < -0.39 is 46.0 Å². The minimum Gasteiger partial charge on any atom is -0.479 e. The highest BCUT2D eigenvalue weighted by Gasteiger charge is 2.58. The van der Waals surface area contributed by atoms with Gasteiger partial charge in [0.05, 0.1) is 11.9 Å². The Bertz CT molecular complexity index is 878. The highest BCUT2D eigenvalue weighted by molar-refractivity contribution is 7.86. The molecule has 214 valence electrons. The van der Waals surface area contributed by atoms with Gasteiger partial charge in [-0.05, 0) is 50.9 Å². The number of nitrogens with one attached hydrogen (secondary N) is 1. The first-order valence-electron chi connectivity index (χ1n) is 13.2. The van der Waals surface area contributed by atoms with Crippen LogP contribution in [0.25, 0.3) is 0 Å². The number of carbonyl (C=O) groups is 3. The van der Waals surface area contributed by atoms with Crippen molar-refractivity contribution in [3.05, 3.63) is 0 Å². The van der Waals surface area contributed by atoms with E-state index in [1.807, 2.05) is 0 Å². The van der Waals surface area contributed by atoms with E-state index in [1.165, 1.54) is 20.8 Å². The topological polar surface area (TPSA) is 166 Å². The number of rotatable bonds is 13. The summed E-state index contributed by atoms with van der Waals surface area (Å²) in [6.07, 6.45) is 5.65. The second-order valence-electron chi connectivity index (χ2n) is 10.8. The summed E-state index contributed by atoms with van der Waals surface area (Å²) in [4.78, 5) is 35.7. The van der Waals surface area contributed by atoms with Crippen molar-refractivity contribution in [2.24, 2.45) is 11.3 Å². The molecule has 0 spiro atoms. The largest absolute Gasteiger partial charge is 0.508 e. The van der Waals surface area contributed by atoms with Gasteiger partial charge in [0.25, 0.3) is 10.1 Å². The maximum absolute atomic E-state index is 12.9. The Kier molecular flexibility index (Phi) is 11.6. The quantitative estimate of drug-likeness (QED) is 0.176. The molecule has 0 aromatic carbocycles. The van der Waals surface area contributed by atoms with Crippen LogP contribution < -0.4 is 5.32 Å². The number of hydrogen-bond acceptors (Lipinski definition) is 9. The highest BCUT2D eigenvalue weighted by atomic mass is 32.2. The van der Waals surface area contributed by atoms with Gasteiger partial charge in [0.15, 0.2) is 0 Å². The minimum atomic E-state index is -4.14. The molecule has 0 aliphatic heterocycles. The predicted molar refractivity (Wildman–Crippen MR) is 134 cm³/mol. The molecule has 2 fully saturated rings. The van der Waals surface area contributed by atoms with Crippen molar-refractivity contribution in [2.45, 2.75) is 109 Å². The molecule has 0 saturated heterocycles. The lowest BCUT2D eigenvalue weighted by atomic mass is 9.65. The molecule has 0 heterocycles. The average Bonchev–Trinajstić information content (AvgIpc) is 2.84. The molecule has 0 aromatic rings. The Hall–Kier alpha value is -1.92. The van der Waals surface area contributed by atoms with Gasteiger partial charge in [-0.3, -0.25) is 8.98 Å². The summed E-state index contributed by atoms with van der Waals surface area (Å²) in [7, 11) is -4.14. The number of hydrogen-bond donors (Lipinski definition) is 3. The molecule has 3 N–H and O–H groups in total. The summed E-state index contributed by atoms with van der Waals surface area (Å²) in [5.74, 6) is -2.65. The van der Waals surface area contributed by atoms with E-state index in [-0.39, 0.29) is 36.6 Å². The molecule has 11 nitrogen and oxygen atoms in total. The van der Waals surface area contributed by atoms with Gasteiger partial charge in [0.2, 0.25) is 11.5 Å². The third-order valence-corrected chi connectivity index (χ3v) is 8.91. The first-order chi connectivity index (χ1) is 17.3. The molecule has 2 aliphatic rings. The lowest BCUT2D eigenvalue weighted by Crippen LogP contribution is -2.62. The average molecular weight is 550 g/mol. The van der Waals surface area contributed by atoms with Crippen LogP contribution in [0.3, 0.4) is 0 Å². The molecule has 0 radical (unpaired) electrons. The van der Waals surface area contributed by atoms with Crippen LogP contribution in [-0.2, 0) is 33.4 Å². The summed E-state index contributed by atoms with van der Waals surface area (Å²) in [5.41, 5.74) is -4.32. The minimum absolute atomic E-state index is 0.110. The fourth-order valence-electron chi connectivity index (χ4n) is 5.22. The Labute approximate surface area is 219 Å². The molecule has 37 heavy (non-hydrogen) atoms. The number of aliphatic carboxylic acids is 1. The van der Waals surface area contributed by atoms with Crippen molar-refractivity contribution < 1.29 is 46.7 Å². The van der Waals surface area contributed by atoms with Gasteiger partial charge in [-0.25, -0.2) is 9.59 Å². The summed E-state index contributed by atoms with van der Waals surface area (Å²) >= 11 is 0. The molecule has 2 aliphatic carbocycles. The van der Waals surface area contributed by atoms with Crippen LogP contribution in [0.5, 0.6) is 0 Å². The second kappa shape index (κ2) is 13.7. The summed E-state index contributed by atoms with van der Waals surface area (Å²) in [6.45, 7) is 3.39. The van der Waals surface area contributed by atoms with Crippen molar-refractivity contribution in [1.82, 2.24) is 5.32 Å². The van der Waals surface area contributed by atoms with Gasteiger partial charge in [-0.15, -0.1) is 0 Å². The maximum Gasteiger partial charge on any atom is 0.508 e. The van der Waals surface area contributed by atoms with Crippen molar-refractivity contribution in [3.8, 4) is 0 Å². The molecule has 12 heteroatoms. The molecule has 2 saturated carbocycles. The van der Waals surface area contributed by atoms with E-state index in [4.69, 9.17) is 13.7 Å². The van der Waals surface area contributed by atoms with Gasteiger partial charge in [-0.1, -0.05) is 39.5 Å². The Morgan fingerprint density at radius 1 is 1.00 bits per heavy atom. The molecular formula is C25H43NO10S. The molecule has 2 rings (SSSR count). The van der Waals surface area contributed by atoms with Gasteiger partial charge in [0.1, 0.15) is 12.7 Å². The van der Waals surface area contributed by atoms with Gasteiger partial charge < -0.3 is 25.0 Å². The van der Waals surface area contributed by atoms with Crippen LogP contribution in [-0.4, -0.2) is 73.4 Å². The van der Waals surface area contributed by atoms with E-state index in [1.54, 1.807) is 0 Å². The van der Waals surface area contributed by atoms with Crippen molar-refractivity contribution in [2.75, 3.05) is 18.9 Å². The Balaban J connectivity index is 2.20. The summed E-state index contributed by atoms with van der Waals surface area (Å²) < 4.78 is 41.8. The monoisotopic (exact) mass is 549 g/mol. The van der Waals surface area contributed by atoms with Crippen molar-refractivity contribution in [3.63, 3.8) is 0 Å². The lowest BCUT2D eigenvalue weighted by molar-refractivity contribution is -0.196. The number of carboxylic acids is 1. The van der Waals surface area contributed by atoms with Gasteiger partial charge >= 0.3 is 12.1 Å².